The summed E-state index contributed by atoms with van der Waals surface area (Å²) < 4.78 is 1.97. The van der Waals surface area contributed by atoms with Gasteiger partial charge in [-0.25, -0.2) is 0 Å². The molecule has 2 rings (SSSR count). The van der Waals surface area contributed by atoms with Gasteiger partial charge in [0.1, 0.15) is 5.82 Å². The molecule has 6 heteroatoms. The van der Waals surface area contributed by atoms with E-state index in [0.717, 1.165) is 0 Å². The fourth-order valence-electron chi connectivity index (χ4n) is 1.98. The van der Waals surface area contributed by atoms with Crippen LogP contribution < -0.4 is 0 Å². The maximum Gasteiger partial charge on any atom is 0.167 e. The molecule has 0 aliphatic heterocycles. The summed E-state index contributed by atoms with van der Waals surface area (Å²) in [5, 5.41) is 9.42. The fraction of sp³-hybridized carbons (Fsp3) is 0.385. The number of alkyl halides is 1. The van der Waals surface area contributed by atoms with Crippen molar-refractivity contribution in [3.05, 3.63) is 34.1 Å². The molecule has 0 fully saturated rings. The summed E-state index contributed by atoms with van der Waals surface area (Å²) >= 11 is 18.4. The van der Waals surface area contributed by atoms with Crippen LogP contribution in [-0.2, 0) is 11.4 Å². The standard InChI is InChI=1S/C13H14Cl3N3/c1-13(2,3)19-10(7-14)17-18-12(19)11-8(15)5-4-6-9(11)16/h4-6H,7H2,1-3H3. The van der Waals surface area contributed by atoms with E-state index in [4.69, 9.17) is 34.8 Å². The van der Waals surface area contributed by atoms with Crippen LogP contribution in [0.5, 0.6) is 0 Å². The smallest absolute Gasteiger partial charge is 0.167 e. The highest BCUT2D eigenvalue weighted by Crippen LogP contribution is 2.36. The third-order valence-electron chi connectivity index (χ3n) is 2.71. The van der Waals surface area contributed by atoms with Crippen LogP contribution >= 0.6 is 34.8 Å². The molecule has 0 unspecified atom stereocenters. The average Bonchev–Trinajstić information content (AvgIpc) is 2.72. The Balaban J connectivity index is 2.74. The van der Waals surface area contributed by atoms with Crippen molar-refractivity contribution in [2.45, 2.75) is 32.2 Å². The van der Waals surface area contributed by atoms with Crippen LogP contribution in [0.15, 0.2) is 18.2 Å². The fourth-order valence-corrected chi connectivity index (χ4v) is 2.72. The normalized spacial score (nSPS) is 11.9. The van der Waals surface area contributed by atoms with Gasteiger partial charge >= 0.3 is 0 Å². The molecule has 1 aromatic heterocycles. The first kappa shape index (κ1) is 14.6. The van der Waals surface area contributed by atoms with E-state index in [0.29, 0.717) is 27.3 Å². The van der Waals surface area contributed by atoms with E-state index in [1.807, 2.05) is 4.57 Å². The van der Waals surface area contributed by atoms with Crippen LogP contribution in [0.2, 0.25) is 10.0 Å². The lowest BCUT2D eigenvalue weighted by atomic mass is 10.1. The van der Waals surface area contributed by atoms with Crippen molar-refractivity contribution in [2.24, 2.45) is 0 Å². The molecule has 0 saturated carbocycles. The van der Waals surface area contributed by atoms with E-state index < -0.39 is 0 Å². The monoisotopic (exact) mass is 317 g/mol. The van der Waals surface area contributed by atoms with E-state index in [1.165, 1.54) is 0 Å². The zero-order chi connectivity index (χ0) is 14.2. The molecular weight excluding hydrogens is 305 g/mol. The molecule has 3 nitrogen and oxygen atoms in total. The van der Waals surface area contributed by atoms with Crippen LogP contribution in [-0.4, -0.2) is 14.8 Å². The van der Waals surface area contributed by atoms with Crippen molar-refractivity contribution in [3.63, 3.8) is 0 Å². The Morgan fingerprint density at radius 2 is 1.68 bits per heavy atom. The lowest BCUT2D eigenvalue weighted by Gasteiger charge is -2.25. The zero-order valence-electron chi connectivity index (χ0n) is 10.9. The highest BCUT2D eigenvalue weighted by molar-refractivity contribution is 6.39. The topological polar surface area (TPSA) is 30.7 Å². The summed E-state index contributed by atoms with van der Waals surface area (Å²) in [7, 11) is 0. The van der Waals surface area contributed by atoms with Gasteiger partial charge in [-0.3, -0.25) is 0 Å². The number of hydrogen-bond donors (Lipinski definition) is 0. The molecule has 1 heterocycles. The average molecular weight is 319 g/mol. The third kappa shape index (κ3) is 2.73. The predicted octanol–water partition coefficient (Wildman–Crippen LogP) is 4.75. The van der Waals surface area contributed by atoms with Gasteiger partial charge in [0.05, 0.1) is 21.5 Å². The van der Waals surface area contributed by atoms with E-state index in [1.54, 1.807) is 18.2 Å². The van der Waals surface area contributed by atoms with E-state index >= 15 is 0 Å². The molecule has 0 N–H and O–H groups in total. The van der Waals surface area contributed by atoms with Crippen LogP contribution in [0.4, 0.5) is 0 Å². The van der Waals surface area contributed by atoms with Crippen LogP contribution in [0.1, 0.15) is 26.6 Å². The van der Waals surface area contributed by atoms with Crippen LogP contribution in [0.25, 0.3) is 11.4 Å². The van der Waals surface area contributed by atoms with Crippen molar-refractivity contribution >= 4 is 34.8 Å². The van der Waals surface area contributed by atoms with Crippen molar-refractivity contribution in [2.75, 3.05) is 0 Å². The highest BCUT2D eigenvalue weighted by Gasteiger charge is 2.25. The Morgan fingerprint density at radius 3 is 2.16 bits per heavy atom. The molecule has 0 radical (unpaired) electrons. The summed E-state index contributed by atoms with van der Waals surface area (Å²) in [5.41, 5.74) is 0.468. The number of halogens is 3. The minimum absolute atomic E-state index is 0.217. The number of nitrogens with zero attached hydrogens (tertiary/aromatic N) is 3. The molecular formula is C13H14Cl3N3. The molecule has 0 atom stereocenters. The number of benzene rings is 1. The van der Waals surface area contributed by atoms with Crippen molar-refractivity contribution in [1.82, 2.24) is 14.8 Å². The summed E-state index contributed by atoms with van der Waals surface area (Å²) in [6.45, 7) is 6.17. The van der Waals surface area contributed by atoms with Gasteiger partial charge in [0.25, 0.3) is 0 Å². The summed E-state index contributed by atoms with van der Waals surface area (Å²) in [5.74, 6) is 1.62. The molecule has 0 aliphatic carbocycles. The quantitative estimate of drug-likeness (QED) is 0.748. The predicted molar refractivity (Wildman–Crippen MR) is 80.0 cm³/mol. The molecule has 102 valence electrons. The second kappa shape index (κ2) is 5.31. The molecule has 0 spiro atoms. The summed E-state index contributed by atoms with van der Waals surface area (Å²) in [6.07, 6.45) is 0. The van der Waals surface area contributed by atoms with Crippen molar-refractivity contribution in [3.8, 4) is 11.4 Å². The van der Waals surface area contributed by atoms with Crippen molar-refractivity contribution in [1.29, 1.82) is 0 Å². The second-order valence-electron chi connectivity index (χ2n) is 5.18. The first-order valence-corrected chi connectivity index (χ1v) is 7.10. The van der Waals surface area contributed by atoms with Gasteiger partial charge in [-0.05, 0) is 32.9 Å². The van der Waals surface area contributed by atoms with E-state index in [2.05, 4.69) is 31.0 Å². The van der Waals surface area contributed by atoms with E-state index in [-0.39, 0.29) is 11.4 Å². The van der Waals surface area contributed by atoms with Gasteiger partial charge in [0, 0.05) is 5.54 Å². The Labute approximate surface area is 127 Å². The van der Waals surface area contributed by atoms with Crippen molar-refractivity contribution < 1.29 is 0 Å². The Kier molecular flexibility index (Phi) is 4.09. The first-order valence-electron chi connectivity index (χ1n) is 5.81. The van der Waals surface area contributed by atoms with Gasteiger partial charge in [-0.2, -0.15) is 0 Å². The van der Waals surface area contributed by atoms with Gasteiger partial charge in [-0.1, -0.05) is 29.3 Å². The molecule has 0 saturated heterocycles. The lowest BCUT2D eigenvalue weighted by molar-refractivity contribution is 0.390. The number of rotatable bonds is 2. The largest absolute Gasteiger partial charge is 0.305 e. The number of hydrogen-bond acceptors (Lipinski definition) is 2. The SMILES string of the molecule is CC(C)(C)n1c(CCl)nnc1-c1c(Cl)cccc1Cl. The van der Waals surface area contributed by atoms with Crippen LogP contribution in [0.3, 0.4) is 0 Å². The summed E-state index contributed by atoms with van der Waals surface area (Å²) in [6, 6.07) is 5.37. The molecule has 0 amide bonds. The van der Waals surface area contributed by atoms with Crippen LogP contribution in [0, 0.1) is 0 Å². The second-order valence-corrected chi connectivity index (χ2v) is 6.26. The Bertz CT molecular complexity index is 579. The lowest BCUT2D eigenvalue weighted by Crippen LogP contribution is -2.25. The zero-order valence-corrected chi connectivity index (χ0v) is 13.2. The maximum absolute atomic E-state index is 6.24. The summed E-state index contributed by atoms with van der Waals surface area (Å²) in [4.78, 5) is 0. The Hall–Kier alpha value is -0.770. The number of aromatic nitrogens is 3. The molecule has 1 aromatic carbocycles. The maximum atomic E-state index is 6.24. The van der Waals surface area contributed by atoms with Gasteiger partial charge in [0.2, 0.25) is 0 Å². The molecule has 2 aromatic rings. The van der Waals surface area contributed by atoms with Gasteiger partial charge < -0.3 is 4.57 Å². The third-order valence-corrected chi connectivity index (χ3v) is 3.58. The minimum Gasteiger partial charge on any atom is -0.305 e. The van der Waals surface area contributed by atoms with Gasteiger partial charge in [-0.15, -0.1) is 21.8 Å². The Morgan fingerprint density at radius 1 is 1.11 bits per heavy atom. The molecule has 0 aliphatic rings. The first-order chi connectivity index (χ1) is 8.86. The highest BCUT2D eigenvalue weighted by atomic mass is 35.5. The molecule has 19 heavy (non-hydrogen) atoms. The van der Waals surface area contributed by atoms with Gasteiger partial charge in [0.15, 0.2) is 5.82 Å². The molecule has 0 bridgehead atoms. The van der Waals surface area contributed by atoms with E-state index in [9.17, 15) is 0 Å². The minimum atomic E-state index is -0.217.